The summed E-state index contributed by atoms with van der Waals surface area (Å²) >= 11 is 0. The van der Waals surface area contributed by atoms with Gasteiger partial charge in [-0.3, -0.25) is 9.59 Å². The van der Waals surface area contributed by atoms with Gasteiger partial charge in [0, 0.05) is 25.8 Å². The van der Waals surface area contributed by atoms with Gasteiger partial charge in [0.05, 0.1) is 5.56 Å². The third-order valence-corrected chi connectivity index (χ3v) is 5.54. The van der Waals surface area contributed by atoms with Crippen molar-refractivity contribution in [3.8, 4) is 11.1 Å². The monoisotopic (exact) mass is 403 g/mol. The number of carbonyl (C=O) groups excluding carboxylic acids is 1. The summed E-state index contributed by atoms with van der Waals surface area (Å²) < 4.78 is 1.61. The largest absolute Gasteiger partial charge is 0.396 e. The number of aliphatic hydroxyl groups is 1. The molecule has 0 radical (unpaired) electrons. The molecule has 0 unspecified atom stereocenters. The van der Waals surface area contributed by atoms with E-state index in [0.29, 0.717) is 13.0 Å². The minimum atomic E-state index is -0.231. The Hall–Kier alpha value is -2.98. The second-order valence-corrected chi connectivity index (χ2v) is 7.59. The van der Waals surface area contributed by atoms with Crippen LogP contribution in [-0.2, 0) is 19.4 Å². The lowest BCUT2D eigenvalue weighted by Gasteiger charge is -2.13. The quantitative estimate of drug-likeness (QED) is 0.420. The Labute approximate surface area is 177 Å². The molecule has 1 heterocycles. The van der Waals surface area contributed by atoms with Crippen LogP contribution >= 0.6 is 0 Å². The van der Waals surface area contributed by atoms with Gasteiger partial charge in [-0.05, 0) is 67.0 Å². The number of Topliss-reactive ketones (excluding diaryl/α,β-unsaturated/α-hetero) is 1. The average Bonchev–Trinajstić information content (AvgIpc) is 2.76. The highest BCUT2D eigenvalue weighted by Crippen LogP contribution is 2.26. The first kappa shape index (κ1) is 21.7. The van der Waals surface area contributed by atoms with E-state index >= 15 is 0 Å². The zero-order valence-electron chi connectivity index (χ0n) is 17.7. The summed E-state index contributed by atoms with van der Waals surface area (Å²) in [6.45, 7) is 4.60. The molecule has 4 nitrogen and oxygen atoms in total. The highest BCUT2D eigenvalue weighted by atomic mass is 16.3. The number of benzene rings is 2. The minimum absolute atomic E-state index is 0.149. The number of hydrogen-bond donors (Lipinski definition) is 1. The number of pyridine rings is 1. The number of carbonyl (C=O) groups is 1. The lowest BCUT2D eigenvalue weighted by Crippen LogP contribution is -2.27. The molecule has 3 rings (SSSR count). The fourth-order valence-electron chi connectivity index (χ4n) is 3.78. The molecule has 0 aliphatic carbocycles. The van der Waals surface area contributed by atoms with Crippen LogP contribution in [0.1, 0.15) is 46.8 Å². The summed E-state index contributed by atoms with van der Waals surface area (Å²) in [5.41, 5.74) is 5.20. The van der Waals surface area contributed by atoms with E-state index in [9.17, 15) is 9.59 Å². The smallest absolute Gasteiger partial charge is 0.261 e. The molecule has 0 atom stereocenters. The average molecular weight is 404 g/mol. The Morgan fingerprint density at radius 3 is 2.50 bits per heavy atom. The second kappa shape index (κ2) is 10.2. The number of aliphatic hydroxyl groups excluding tert-OH is 1. The van der Waals surface area contributed by atoms with E-state index in [1.807, 2.05) is 50.4 Å². The molecule has 0 saturated heterocycles. The molecule has 30 heavy (non-hydrogen) atoms. The topological polar surface area (TPSA) is 59.3 Å². The molecular weight excluding hydrogens is 374 g/mol. The van der Waals surface area contributed by atoms with Crippen molar-refractivity contribution in [1.82, 2.24) is 4.57 Å². The predicted molar refractivity (Wildman–Crippen MR) is 121 cm³/mol. The van der Waals surface area contributed by atoms with Crippen molar-refractivity contribution in [2.24, 2.45) is 0 Å². The molecule has 0 amide bonds. The first-order valence-corrected chi connectivity index (χ1v) is 10.6. The van der Waals surface area contributed by atoms with E-state index in [1.54, 1.807) is 10.6 Å². The normalized spacial score (nSPS) is 10.9. The van der Waals surface area contributed by atoms with Gasteiger partial charge in [-0.15, -0.1) is 0 Å². The van der Waals surface area contributed by atoms with Crippen LogP contribution in [0.4, 0.5) is 0 Å². The van der Waals surface area contributed by atoms with Gasteiger partial charge in [0.15, 0.2) is 5.78 Å². The number of unbranched alkanes of at least 4 members (excludes halogenated alkanes) is 1. The molecule has 0 bridgehead atoms. The number of aromatic nitrogens is 1. The zero-order chi connectivity index (χ0) is 21.5. The van der Waals surface area contributed by atoms with Gasteiger partial charge in [0.25, 0.3) is 5.56 Å². The van der Waals surface area contributed by atoms with Gasteiger partial charge in [-0.2, -0.15) is 0 Å². The summed E-state index contributed by atoms with van der Waals surface area (Å²) in [5, 5.41) is 9.02. The Morgan fingerprint density at radius 2 is 1.80 bits per heavy atom. The van der Waals surface area contributed by atoms with Crippen LogP contribution in [-0.4, -0.2) is 22.1 Å². The first-order valence-electron chi connectivity index (χ1n) is 10.6. The van der Waals surface area contributed by atoms with Gasteiger partial charge < -0.3 is 9.67 Å². The third kappa shape index (κ3) is 4.95. The maximum absolute atomic E-state index is 13.1. The summed E-state index contributed by atoms with van der Waals surface area (Å²) in [6, 6.07) is 17.8. The Bertz CT molecular complexity index is 1070. The molecule has 0 saturated carbocycles. The molecule has 156 valence electrons. The van der Waals surface area contributed by atoms with Gasteiger partial charge >= 0.3 is 0 Å². The summed E-state index contributed by atoms with van der Waals surface area (Å²) in [7, 11) is 0. The highest BCUT2D eigenvalue weighted by Gasteiger charge is 2.16. The molecule has 1 aromatic heterocycles. The van der Waals surface area contributed by atoms with Crippen molar-refractivity contribution in [3.63, 3.8) is 0 Å². The van der Waals surface area contributed by atoms with Crippen LogP contribution < -0.4 is 5.56 Å². The van der Waals surface area contributed by atoms with Gasteiger partial charge in [0.1, 0.15) is 0 Å². The van der Waals surface area contributed by atoms with Crippen molar-refractivity contribution in [1.29, 1.82) is 0 Å². The SMILES string of the molecule is CCn1cc(CCCCO)cc(C(=O)Cc2cccc(-c3ccccc3)c2C)c1=O. The molecular formula is C26H29NO3. The van der Waals surface area contributed by atoms with Crippen molar-refractivity contribution in [3.05, 3.63) is 93.4 Å². The molecule has 2 aromatic carbocycles. The van der Waals surface area contributed by atoms with E-state index in [2.05, 4.69) is 18.2 Å². The Kier molecular flexibility index (Phi) is 7.36. The van der Waals surface area contributed by atoms with Crippen molar-refractivity contribution in [2.75, 3.05) is 6.61 Å². The molecule has 0 spiro atoms. The van der Waals surface area contributed by atoms with Gasteiger partial charge in [-0.1, -0.05) is 48.5 Å². The highest BCUT2D eigenvalue weighted by molar-refractivity contribution is 5.97. The molecule has 1 N–H and O–H groups in total. The van der Waals surface area contributed by atoms with Crippen LogP contribution in [0.5, 0.6) is 0 Å². The molecule has 4 heteroatoms. The fourth-order valence-corrected chi connectivity index (χ4v) is 3.78. The van der Waals surface area contributed by atoms with Crippen LogP contribution in [0.15, 0.2) is 65.6 Å². The fraction of sp³-hybridized carbons (Fsp3) is 0.308. The number of rotatable bonds is 9. The molecule has 0 aliphatic rings. The van der Waals surface area contributed by atoms with E-state index < -0.39 is 0 Å². The van der Waals surface area contributed by atoms with Crippen LogP contribution in [0.3, 0.4) is 0 Å². The van der Waals surface area contributed by atoms with Gasteiger partial charge in [0.2, 0.25) is 0 Å². The maximum atomic E-state index is 13.1. The Balaban J connectivity index is 1.91. The predicted octanol–water partition coefficient (Wildman–Crippen LogP) is 4.58. The zero-order valence-corrected chi connectivity index (χ0v) is 17.7. The lowest BCUT2D eigenvalue weighted by atomic mass is 9.93. The summed E-state index contributed by atoms with van der Waals surface area (Å²) in [6.07, 6.45) is 4.30. The minimum Gasteiger partial charge on any atom is -0.396 e. The third-order valence-electron chi connectivity index (χ3n) is 5.54. The molecule has 3 aromatic rings. The first-order chi connectivity index (χ1) is 14.5. The number of hydrogen-bond acceptors (Lipinski definition) is 3. The standard InChI is InChI=1S/C26H29NO3/c1-3-27-18-20(10-7-8-15-28)16-24(26(27)30)25(29)17-22-13-9-14-23(19(22)2)21-11-5-4-6-12-21/h4-6,9,11-14,16,18,28H,3,7-8,10,15,17H2,1-2H3. The number of aryl methyl sites for hydroxylation is 2. The van der Waals surface area contributed by atoms with Crippen molar-refractivity contribution >= 4 is 5.78 Å². The second-order valence-electron chi connectivity index (χ2n) is 7.59. The van der Waals surface area contributed by atoms with Crippen molar-refractivity contribution < 1.29 is 9.90 Å². The van der Waals surface area contributed by atoms with Gasteiger partial charge in [-0.25, -0.2) is 0 Å². The number of nitrogens with zero attached hydrogens (tertiary/aromatic N) is 1. The maximum Gasteiger partial charge on any atom is 0.261 e. The van der Waals surface area contributed by atoms with E-state index in [4.69, 9.17) is 5.11 Å². The van der Waals surface area contributed by atoms with Crippen molar-refractivity contribution in [2.45, 2.75) is 46.1 Å². The van der Waals surface area contributed by atoms with Crippen LogP contribution in [0.25, 0.3) is 11.1 Å². The summed E-state index contributed by atoms with van der Waals surface area (Å²) in [4.78, 5) is 25.9. The molecule has 0 fully saturated rings. The van der Waals surface area contributed by atoms with Crippen LogP contribution in [0.2, 0.25) is 0 Å². The Morgan fingerprint density at radius 1 is 1.03 bits per heavy atom. The number of ketones is 1. The van der Waals surface area contributed by atoms with E-state index in [-0.39, 0.29) is 29.9 Å². The van der Waals surface area contributed by atoms with E-state index in [0.717, 1.165) is 40.7 Å². The summed E-state index contributed by atoms with van der Waals surface area (Å²) in [5.74, 6) is -0.153. The van der Waals surface area contributed by atoms with Crippen LogP contribution in [0, 0.1) is 6.92 Å². The molecule has 0 aliphatic heterocycles. The van der Waals surface area contributed by atoms with E-state index in [1.165, 1.54) is 0 Å². The lowest BCUT2D eigenvalue weighted by molar-refractivity contribution is 0.0990.